The first-order valence-electron chi connectivity index (χ1n) is 7.80. The third-order valence-corrected chi connectivity index (χ3v) is 4.02. The Morgan fingerprint density at radius 2 is 1.39 bits per heavy atom. The monoisotopic (exact) mass is 386 g/mol. The van der Waals surface area contributed by atoms with Gasteiger partial charge in [0.1, 0.15) is 0 Å². The third kappa shape index (κ3) is 2.35. The van der Waals surface area contributed by atoms with E-state index in [0.717, 1.165) is 26.0 Å². The van der Waals surface area contributed by atoms with Crippen LogP contribution in [0.3, 0.4) is 0 Å². The molecule has 2 N–H and O–H groups in total. The second-order valence-corrected chi connectivity index (χ2v) is 5.92. The molecule has 2 aromatic heterocycles. The minimum Gasteiger partial charge on any atom is -0.504 e. The number of carbonyl (C=O) groups excluding carboxylic acids is 2. The Morgan fingerprint density at radius 3 is 2.00 bits per heavy atom. The fourth-order valence-corrected chi connectivity index (χ4v) is 3.03. The van der Waals surface area contributed by atoms with Crippen molar-refractivity contribution in [3.05, 3.63) is 33.0 Å². The third-order valence-electron chi connectivity index (χ3n) is 4.02. The van der Waals surface area contributed by atoms with E-state index in [1.807, 2.05) is 0 Å². The van der Waals surface area contributed by atoms with Gasteiger partial charge in [0.15, 0.2) is 22.7 Å². The van der Waals surface area contributed by atoms with Crippen molar-refractivity contribution in [3.8, 4) is 23.0 Å². The van der Waals surface area contributed by atoms with Gasteiger partial charge in [0, 0.05) is 30.7 Å². The average Bonchev–Trinajstić information content (AvgIpc) is 2.60. The van der Waals surface area contributed by atoms with Crippen LogP contribution in [0.2, 0.25) is 0 Å². The molecule has 0 bridgehead atoms. The van der Waals surface area contributed by atoms with Gasteiger partial charge in [-0.3, -0.25) is 9.59 Å². The molecule has 0 spiro atoms. The first-order valence-corrected chi connectivity index (χ1v) is 7.80. The number of carbonyl (C=O) groups is 2. The number of phenolic OH excluding ortho intramolecular Hbond substituents is 2. The quantitative estimate of drug-likeness (QED) is 0.171. The first kappa shape index (κ1) is 17.3. The van der Waals surface area contributed by atoms with Crippen molar-refractivity contribution in [2.24, 2.45) is 0 Å². The standard InChI is InChI=1S/C18H10O10/c1-5(19)25-10-4-8-12-11-7(3-9(21)13(22)15(11)27-18(8)24)17(23)28-16(12)14(10)26-6(2)20/h3-4,21-22H,1-2H3. The lowest BCUT2D eigenvalue weighted by Crippen LogP contribution is -2.12. The zero-order chi connectivity index (χ0) is 20.3. The molecule has 0 radical (unpaired) electrons. The predicted molar refractivity (Wildman–Crippen MR) is 93.2 cm³/mol. The van der Waals surface area contributed by atoms with Crippen molar-refractivity contribution in [2.75, 3.05) is 0 Å². The van der Waals surface area contributed by atoms with Crippen LogP contribution in [0, 0.1) is 0 Å². The molecule has 4 aromatic rings. The molecule has 2 heterocycles. The lowest BCUT2D eigenvalue weighted by molar-refractivity contribution is -0.134. The Balaban J connectivity index is 2.34. The minimum absolute atomic E-state index is 0.0108. The lowest BCUT2D eigenvalue weighted by atomic mass is 10.0. The van der Waals surface area contributed by atoms with Gasteiger partial charge in [-0.15, -0.1) is 0 Å². The van der Waals surface area contributed by atoms with E-state index >= 15 is 0 Å². The molecular weight excluding hydrogens is 376 g/mol. The van der Waals surface area contributed by atoms with Gasteiger partial charge < -0.3 is 28.5 Å². The van der Waals surface area contributed by atoms with Crippen molar-refractivity contribution in [1.29, 1.82) is 0 Å². The van der Waals surface area contributed by atoms with E-state index in [4.69, 9.17) is 18.3 Å². The molecule has 0 amide bonds. The second-order valence-electron chi connectivity index (χ2n) is 5.92. The van der Waals surface area contributed by atoms with Crippen LogP contribution in [0.25, 0.3) is 32.7 Å². The number of benzene rings is 2. The number of aromatic hydroxyl groups is 2. The van der Waals surface area contributed by atoms with Gasteiger partial charge in [0.05, 0.1) is 10.8 Å². The molecule has 2 aromatic carbocycles. The summed E-state index contributed by atoms with van der Waals surface area (Å²) < 4.78 is 20.3. The van der Waals surface area contributed by atoms with Crippen LogP contribution in [0.1, 0.15) is 13.8 Å². The van der Waals surface area contributed by atoms with Crippen LogP contribution >= 0.6 is 0 Å². The largest absolute Gasteiger partial charge is 0.504 e. The predicted octanol–water partition coefficient (Wildman–Crippen LogP) is 1.75. The number of rotatable bonds is 2. The summed E-state index contributed by atoms with van der Waals surface area (Å²) in [6.45, 7) is 2.16. The summed E-state index contributed by atoms with van der Waals surface area (Å²) in [5.74, 6) is -3.77. The number of esters is 2. The van der Waals surface area contributed by atoms with Crippen molar-refractivity contribution in [2.45, 2.75) is 13.8 Å². The number of hydrogen-bond donors (Lipinski definition) is 2. The smallest absolute Gasteiger partial charge is 0.344 e. The van der Waals surface area contributed by atoms with Crippen LogP contribution < -0.4 is 20.7 Å². The van der Waals surface area contributed by atoms with Gasteiger partial charge in [-0.1, -0.05) is 0 Å². The summed E-state index contributed by atoms with van der Waals surface area (Å²) in [7, 11) is 0. The minimum atomic E-state index is -0.976. The van der Waals surface area contributed by atoms with E-state index in [1.165, 1.54) is 0 Å². The maximum Gasteiger partial charge on any atom is 0.344 e. The molecule has 10 heteroatoms. The van der Waals surface area contributed by atoms with E-state index in [1.54, 1.807) is 0 Å². The summed E-state index contributed by atoms with van der Waals surface area (Å²) in [6.07, 6.45) is 0. The number of phenols is 2. The molecule has 0 fully saturated rings. The Bertz CT molecular complexity index is 1420. The summed E-state index contributed by atoms with van der Waals surface area (Å²) in [5.41, 5.74) is -2.75. The molecule has 28 heavy (non-hydrogen) atoms. The summed E-state index contributed by atoms with van der Waals surface area (Å²) in [6, 6.07) is 2.05. The van der Waals surface area contributed by atoms with Gasteiger partial charge in [-0.2, -0.15) is 0 Å². The van der Waals surface area contributed by atoms with E-state index in [9.17, 15) is 29.4 Å². The molecule has 0 aliphatic heterocycles. The van der Waals surface area contributed by atoms with Crippen LogP contribution in [0.15, 0.2) is 30.6 Å². The first-order chi connectivity index (χ1) is 13.2. The van der Waals surface area contributed by atoms with Crippen LogP contribution in [0.4, 0.5) is 0 Å². The fraction of sp³-hybridized carbons (Fsp3) is 0.111. The highest BCUT2D eigenvalue weighted by Crippen LogP contribution is 2.45. The highest BCUT2D eigenvalue weighted by molar-refractivity contribution is 6.22. The Kier molecular flexibility index (Phi) is 3.54. The molecule has 0 saturated heterocycles. The number of ether oxygens (including phenoxy) is 2. The van der Waals surface area contributed by atoms with Crippen molar-refractivity contribution >= 4 is 44.6 Å². The molecule has 0 unspecified atom stereocenters. The summed E-state index contributed by atoms with van der Waals surface area (Å²) >= 11 is 0. The van der Waals surface area contributed by atoms with Crippen LogP contribution in [0.5, 0.6) is 23.0 Å². The topological polar surface area (TPSA) is 153 Å². The van der Waals surface area contributed by atoms with E-state index in [-0.39, 0.29) is 32.9 Å². The van der Waals surface area contributed by atoms with Crippen LogP contribution in [-0.4, -0.2) is 22.2 Å². The van der Waals surface area contributed by atoms with Crippen molar-refractivity contribution in [1.82, 2.24) is 0 Å². The summed E-state index contributed by atoms with van der Waals surface area (Å²) in [5, 5.41) is 19.5. The Labute approximate surface area is 153 Å². The van der Waals surface area contributed by atoms with E-state index < -0.39 is 46.0 Å². The molecule has 142 valence electrons. The zero-order valence-electron chi connectivity index (χ0n) is 14.3. The van der Waals surface area contributed by atoms with Gasteiger partial charge in [0.2, 0.25) is 11.5 Å². The maximum atomic E-state index is 12.4. The van der Waals surface area contributed by atoms with E-state index in [0.29, 0.717) is 0 Å². The van der Waals surface area contributed by atoms with Crippen LogP contribution in [-0.2, 0) is 9.59 Å². The number of hydrogen-bond acceptors (Lipinski definition) is 10. The second kappa shape index (κ2) is 5.71. The van der Waals surface area contributed by atoms with Gasteiger partial charge >= 0.3 is 23.2 Å². The maximum absolute atomic E-state index is 12.4. The molecular formula is C18H10O10. The Hall–Kier alpha value is -4.08. The van der Waals surface area contributed by atoms with Gasteiger partial charge in [-0.25, -0.2) is 9.59 Å². The molecule has 10 nitrogen and oxygen atoms in total. The molecule has 0 aliphatic carbocycles. The molecule has 0 atom stereocenters. The molecule has 0 saturated carbocycles. The molecule has 0 aliphatic rings. The highest BCUT2D eigenvalue weighted by Gasteiger charge is 2.27. The lowest BCUT2D eigenvalue weighted by Gasteiger charge is -2.14. The normalized spacial score (nSPS) is 11.4. The highest BCUT2D eigenvalue weighted by atomic mass is 16.6. The Morgan fingerprint density at radius 1 is 0.857 bits per heavy atom. The van der Waals surface area contributed by atoms with Gasteiger partial charge in [0.25, 0.3) is 0 Å². The SMILES string of the molecule is CC(=O)Oc1cc2c(=O)oc3c(O)c(O)cc4c(=O)oc(c1OC(C)=O)c2c34. The van der Waals surface area contributed by atoms with Crippen molar-refractivity contribution in [3.63, 3.8) is 0 Å². The van der Waals surface area contributed by atoms with Gasteiger partial charge in [-0.05, 0) is 6.07 Å². The van der Waals surface area contributed by atoms with E-state index in [2.05, 4.69) is 0 Å². The summed E-state index contributed by atoms with van der Waals surface area (Å²) in [4.78, 5) is 47.8. The molecule has 4 rings (SSSR count). The zero-order valence-corrected chi connectivity index (χ0v) is 14.3. The fourth-order valence-electron chi connectivity index (χ4n) is 3.03. The average molecular weight is 386 g/mol. The van der Waals surface area contributed by atoms with Crippen molar-refractivity contribution < 1.29 is 38.1 Å².